The summed E-state index contributed by atoms with van der Waals surface area (Å²) in [4.78, 5) is 14.1. The van der Waals surface area contributed by atoms with Gasteiger partial charge in [0.15, 0.2) is 0 Å². The number of carbonyl (C=O) groups is 1. The van der Waals surface area contributed by atoms with Gasteiger partial charge in [-0.15, -0.1) is 0 Å². The van der Waals surface area contributed by atoms with Crippen molar-refractivity contribution in [2.24, 2.45) is 11.1 Å². The van der Waals surface area contributed by atoms with E-state index in [9.17, 15) is 4.79 Å². The Hall–Kier alpha value is -0.970. The smallest absolute Gasteiger partial charge is 0.226 e. The van der Waals surface area contributed by atoms with Gasteiger partial charge in [-0.3, -0.25) is 4.79 Å². The number of piperidine rings is 1. The zero-order valence-corrected chi connectivity index (χ0v) is 14.5. The Balaban J connectivity index is 1.83. The van der Waals surface area contributed by atoms with Gasteiger partial charge in [0.1, 0.15) is 5.75 Å². The van der Waals surface area contributed by atoms with Crippen LogP contribution in [0.15, 0.2) is 18.2 Å². The van der Waals surface area contributed by atoms with Crippen LogP contribution in [0.2, 0.25) is 10.0 Å². The first-order valence-corrected chi connectivity index (χ1v) is 8.16. The summed E-state index contributed by atoms with van der Waals surface area (Å²) in [6.45, 7) is 5.89. The van der Waals surface area contributed by atoms with E-state index in [-0.39, 0.29) is 17.4 Å². The minimum Gasteiger partial charge on any atom is -0.491 e. The molecule has 0 spiro atoms. The lowest BCUT2D eigenvalue weighted by Gasteiger charge is -2.42. The number of nitrogens with zero attached hydrogens (tertiary/aromatic N) is 1. The number of likely N-dealkylation sites (tertiary alicyclic amines) is 1. The molecular formula is C16H22Cl2N2O2. The van der Waals surface area contributed by atoms with Gasteiger partial charge in [-0.2, -0.15) is 0 Å². The number of nitrogens with two attached hydrogens (primary N) is 1. The molecule has 1 amide bonds. The van der Waals surface area contributed by atoms with Crippen LogP contribution in [0.25, 0.3) is 0 Å². The number of hydrogen-bond donors (Lipinski definition) is 1. The van der Waals surface area contributed by atoms with Crippen LogP contribution in [0.4, 0.5) is 0 Å². The van der Waals surface area contributed by atoms with Gasteiger partial charge < -0.3 is 15.4 Å². The molecule has 0 saturated carbocycles. The van der Waals surface area contributed by atoms with Gasteiger partial charge >= 0.3 is 0 Å². The number of halogens is 2. The lowest BCUT2D eigenvalue weighted by atomic mass is 9.79. The zero-order valence-electron chi connectivity index (χ0n) is 12.9. The molecule has 1 aliphatic rings. The summed E-state index contributed by atoms with van der Waals surface area (Å²) in [5.41, 5.74) is 6.04. The molecule has 1 atom stereocenters. The minimum atomic E-state index is -0.0474. The van der Waals surface area contributed by atoms with E-state index in [1.807, 2.05) is 4.90 Å². The first-order chi connectivity index (χ1) is 10.3. The maximum atomic E-state index is 12.3. The lowest BCUT2D eigenvalue weighted by molar-refractivity contribution is -0.135. The van der Waals surface area contributed by atoms with Crippen molar-refractivity contribution >= 4 is 29.1 Å². The van der Waals surface area contributed by atoms with Crippen LogP contribution in [0, 0.1) is 5.41 Å². The van der Waals surface area contributed by atoms with Crippen molar-refractivity contribution in [1.82, 2.24) is 4.90 Å². The number of benzene rings is 1. The van der Waals surface area contributed by atoms with Gasteiger partial charge in [0.2, 0.25) is 5.91 Å². The first kappa shape index (κ1) is 17.4. The maximum Gasteiger partial charge on any atom is 0.226 e. The molecule has 4 nitrogen and oxygen atoms in total. The molecule has 1 aromatic carbocycles. The number of amides is 1. The molecule has 0 bridgehead atoms. The molecule has 22 heavy (non-hydrogen) atoms. The molecular weight excluding hydrogens is 323 g/mol. The van der Waals surface area contributed by atoms with Crippen molar-refractivity contribution in [3.63, 3.8) is 0 Å². The maximum absolute atomic E-state index is 12.3. The number of carbonyl (C=O) groups excluding carboxylic acids is 1. The Bertz CT molecular complexity index is 549. The van der Waals surface area contributed by atoms with Crippen molar-refractivity contribution in [3.8, 4) is 5.75 Å². The van der Waals surface area contributed by atoms with Crippen molar-refractivity contribution < 1.29 is 9.53 Å². The Kier molecular flexibility index (Phi) is 5.59. The third-order valence-corrected chi connectivity index (χ3v) is 4.66. The minimum absolute atomic E-state index is 0.0474. The van der Waals surface area contributed by atoms with E-state index in [1.54, 1.807) is 18.2 Å². The van der Waals surface area contributed by atoms with Crippen molar-refractivity contribution in [1.29, 1.82) is 0 Å². The van der Waals surface area contributed by atoms with Gasteiger partial charge in [0, 0.05) is 24.2 Å². The molecule has 1 aromatic rings. The number of ether oxygens (including phenoxy) is 1. The number of rotatable bonds is 4. The highest BCUT2D eigenvalue weighted by Gasteiger charge is 2.35. The zero-order chi connectivity index (χ0) is 16.3. The molecule has 1 unspecified atom stereocenters. The molecule has 1 heterocycles. The fraction of sp³-hybridized carbons (Fsp3) is 0.562. The predicted molar refractivity (Wildman–Crippen MR) is 89.5 cm³/mol. The van der Waals surface area contributed by atoms with E-state index in [0.29, 0.717) is 41.9 Å². The summed E-state index contributed by atoms with van der Waals surface area (Å²) in [5.74, 6) is 0.630. The highest BCUT2D eigenvalue weighted by molar-refractivity contribution is 6.35. The normalized spacial score (nSPS) is 20.8. The van der Waals surface area contributed by atoms with Crippen LogP contribution in [0.5, 0.6) is 5.75 Å². The standard InChI is InChI=1S/C16H22Cl2N2O2/c1-16(2)10-20(7-5-14(16)19)15(21)6-8-22-13-4-3-11(17)9-12(13)18/h3-4,9,14H,5-8,10,19H2,1-2H3. The Morgan fingerprint density at radius 3 is 2.82 bits per heavy atom. The summed E-state index contributed by atoms with van der Waals surface area (Å²) in [6, 6.07) is 5.17. The molecule has 6 heteroatoms. The predicted octanol–water partition coefficient (Wildman–Crippen LogP) is 3.35. The van der Waals surface area contributed by atoms with Gasteiger partial charge in [0.25, 0.3) is 0 Å². The molecule has 0 radical (unpaired) electrons. The van der Waals surface area contributed by atoms with Crippen molar-refractivity contribution in [3.05, 3.63) is 28.2 Å². The molecule has 1 fully saturated rings. The second kappa shape index (κ2) is 7.07. The summed E-state index contributed by atoms with van der Waals surface area (Å²) in [5, 5.41) is 1.00. The topological polar surface area (TPSA) is 55.6 Å². The molecule has 0 aromatic heterocycles. The van der Waals surface area contributed by atoms with Crippen molar-refractivity contribution in [2.45, 2.75) is 32.7 Å². The van der Waals surface area contributed by atoms with Crippen LogP contribution in [0.1, 0.15) is 26.7 Å². The second-order valence-electron chi connectivity index (χ2n) is 6.37. The van der Waals surface area contributed by atoms with Crippen LogP contribution in [-0.4, -0.2) is 36.5 Å². The average molecular weight is 345 g/mol. The van der Waals surface area contributed by atoms with Crippen LogP contribution >= 0.6 is 23.2 Å². The van der Waals surface area contributed by atoms with E-state index in [2.05, 4.69) is 13.8 Å². The summed E-state index contributed by atoms with van der Waals surface area (Å²) >= 11 is 11.9. The largest absolute Gasteiger partial charge is 0.491 e. The van der Waals surface area contributed by atoms with E-state index in [4.69, 9.17) is 33.7 Å². The van der Waals surface area contributed by atoms with Gasteiger partial charge in [0.05, 0.1) is 18.1 Å². The molecule has 1 aliphatic heterocycles. The van der Waals surface area contributed by atoms with Gasteiger partial charge in [-0.1, -0.05) is 37.0 Å². The van der Waals surface area contributed by atoms with Crippen LogP contribution in [0.3, 0.4) is 0 Å². The Morgan fingerprint density at radius 2 is 2.18 bits per heavy atom. The summed E-state index contributed by atoms with van der Waals surface area (Å²) in [6.07, 6.45) is 1.16. The van der Waals surface area contributed by atoms with Crippen molar-refractivity contribution in [2.75, 3.05) is 19.7 Å². The van der Waals surface area contributed by atoms with E-state index in [0.717, 1.165) is 6.42 Å². The number of hydrogen-bond acceptors (Lipinski definition) is 3. The molecule has 1 saturated heterocycles. The highest BCUT2D eigenvalue weighted by atomic mass is 35.5. The Morgan fingerprint density at radius 1 is 1.45 bits per heavy atom. The molecule has 2 N–H and O–H groups in total. The van der Waals surface area contributed by atoms with E-state index < -0.39 is 0 Å². The molecule has 0 aliphatic carbocycles. The highest BCUT2D eigenvalue weighted by Crippen LogP contribution is 2.29. The van der Waals surface area contributed by atoms with E-state index >= 15 is 0 Å². The fourth-order valence-corrected chi connectivity index (χ4v) is 3.05. The lowest BCUT2D eigenvalue weighted by Crippen LogP contribution is -2.54. The monoisotopic (exact) mass is 344 g/mol. The average Bonchev–Trinajstić information content (AvgIpc) is 2.44. The van der Waals surface area contributed by atoms with Gasteiger partial charge in [-0.25, -0.2) is 0 Å². The first-order valence-electron chi connectivity index (χ1n) is 7.41. The third-order valence-electron chi connectivity index (χ3n) is 4.13. The van der Waals surface area contributed by atoms with Crippen LogP contribution in [-0.2, 0) is 4.79 Å². The molecule has 122 valence electrons. The third kappa shape index (κ3) is 4.28. The summed E-state index contributed by atoms with van der Waals surface area (Å²) in [7, 11) is 0. The van der Waals surface area contributed by atoms with Gasteiger partial charge in [-0.05, 0) is 30.0 Å². The van der Waals surface area contributed by atoms with E-state index in [1.165, 1.54) is 0 Å². The quantitative estimate of drug-likeness (QED) is 0.911. The fourth-order valence-electron chi connectivity index (χ4n) is 2.59. The van der Waals surface area contributed by atoms with Crippen LogP contribution < -0.4 is 10.5 Å². The second-order valence-corrected chi connectivity index (χ2v) is 7.22. The molecule has 2 rings (SSSR count). The Labute approximate surface area is 141 Å². The summed E-state index contributed by atoms with van der Waals surface area (Å²) < 4.78 is 5.56. The SMILES string of the molecule is CC1(C)CN(C(=O)CCOc2ccc(Cl)cc2Cl)CCC1N.